The lowest BCUT2D eigenvalue weighted by molar-refractivity contribution is 0.416. The van der Waals surface area contributed by atoms with E-state index in [9.17, 15) is 9.90 Å². The van der Waals surface area contributed by atoms with Crippen molar-refractivity contribution in [1.29, 1.82) is 0 Å². The van der Waals surface area contributed by atoms with Crippen LogP contribution in [0.15, 0.2) is 59.4 Å². The van der Waals surface area contributed by atoms with Crippen LogP contribution in [0.5, 0.6) is 11.5 Å². The maximum absolute atomic E-state index is 12.6. The van der Waals surface area contributed by atoms with Gasteiger partial charge in [-0.2, -0.15) is 0 Å². The Morgan fingerprint density at radius 2 is 1.73 bits per heavy atom. The van der Waals surface area contributed by atoms with E-state index >= 15 is 0 Å². The van der Waals surface area contributed by atoms with Crippen LogP contribution in [-0.4, -0.2) is 17.2 Å². The minimum atomic E-state index is -0.356. The van der Waals surface area contributed by atoms with Crippen LogP contribution in [0.25, 0.3) is 32.5 Å². The van der Waals surface area contributed by atoms with Crippen molar-refractivity contribution in [1.82, 2.24) is 4.98 Å². The molecule has 4 rings (SSSR count). The van der Waals surface area contributed by atoms with Gasteiger partial charge in [0.15, 0.2) is 0 Å². The summed E-state index contributed by atoms with van der Waals surface area (Å²) in [5, 5.41) is 11.5. The molecule has 2 aromatic carbocycles. The highest BCUT2D eigenvalue weighted by molar-refractivity contribution is 7.23. The van der Waals surface area contributed by atoms with Gasteiger partial charge in [-0.05, 0) is 11.6 Å². The number of hydrogen-bond donors (Lipinski definition) is 2. The topological polar surface area (TPSA) is 62.3 Å². The maximum atomic E-state index is 12.6. The van der Waals surface area contributed by atoms with Crippen LogP contribution >= 0.6 is 22.9 Å². The molecule has 2 N–H and O–H groups in total. The lowest BCUT2D eigenvalue weighted by Gasteiger charge is -2.10. The number of methoxy groups -OCH3 is 1. The normalized spacial score (nSPS) is 11.0. The molecule has 6 heteroatoms. The summed E-state index contributed by atoms with van der Waals surface area (Å²) in [5.74, 6) is 0.556. The molecule has 0 spiro atoms. The first-order chi connectivity index (χ1) is 12.6. The number of aromatic nitrogens is 1. The van der Waals surface area contributed by atoms with Gasteiger partial charge in [-0.3, -0.25) is 4.79 Å². The fourth-order valence-corrected chi connectivity index (χ4v) is 4.45. The Morgan fingerprint density at radius 1 is 1.04 bits per heavy atom. The predicted molar refractivity (Wildman–Crippen MR) is 107 cm³/mol. The van der Waals surface area contributed by atoms with Crippen LogP contribution in [0.4, 0.5) is 0 Å². The van der Waals surface area contributed by atoms with E-state index in [0.717, 1.165) is 5.56 Å². The van der Waals surface area contributed by atoms with Gasteiger partial charge in [-0.25, -0.2) is 0 Å². The lowest BCUT2D eigenvalue weighted by atomic mass is 10.00. The van der Waals surface area contributed by atoms with Crippen molar-refractivity contribution >= 4 is 33.2 Å². The quantitative estimate of drug-likeness (QED) is 0.505. The smallest absolute Gasteiger partial charge is 0.260 e. The van der Waals surface area contributed by atoms with Crippen LogP contribution in [-0.2, 0) is 0 Å². The molecule has 4 nitrogen and oxygen atoms in total. The van der Waals surface area contributed by atoms with Gasteiger partial charge in [0.1, 0.15) is 20.7 Å². The molecule has 2 aromatic heterocycles. The molecule has 0 amide bonds. The zero-order valence-electron chi connectivity index (χ0n) is 13.7. The van der Waals surface area contributed by atoms with Crippen molar-refractivity contribution < 1.29 is 9.84 Å². The Labute approximate surface area is 158 Å². The maximum Gasteiger partial charge on any atom is 0.260 e. The van der Waals surface area contributed by atoms with Gasteiger partial charge in [-0.1, -0.05) is 60.1 Å². The van der Waals surface area contributed by atoms with Crippen LogP contribution in [0.3, 0.4) is 0 Å². The summed E-state index contributed by atoms with van der Waals surface area (Å²) in [6.45, 7) is 0. The number of halogens is 1. The molecule has 4 aromatic rings. The molecule has 0 aliphatic carbocycles. The van der Waals surface area contributed by atoms with Gasteiger partial charge < -0.3 is 14.8 Å². The highest BCUT2D eigenvalue weighted by Gasteiger charge is 2.23. The van der Waals surface area contributed by atoms with Crippen molar-refractivity contribution in [3.63, 3.8) is 0 Å². The number of aromatic hydroxyl groups is 1. The Morgan fingerprint density at radius 3 is 2.46 bits per heavy atom. The molecule has 0 atom stereocenters. The Hall–Kier alpha value is -2.76. The predicted octanol–water partition coefficient (Wildman–Crippen LogP) is 5.29. The minimum Gasteiger partial charge on any atom is -0.506 e. The molecule has 0 saturated heterocycles. The van der Waals surface area contributed by atoms with Crippen molar-refractivity contribution in [2.45, 2.75) is 0 Å². The number of para-hydroxylation sites is 1. The highest BCUT2D eigenvalue weighted by atomic mass is 35.5. The molecule has 0 fully saturated rings. The summed E-state index contributed by atoms with van der Waals surface area (Å²) in [5.41, 5.74) is 1.92. The van der Waals surface area contributed by atoms with E-state index in [1.807, 2.05) is 42.5 Å². The first-order valence-electron chi connectivity index (χ1n) is 7.88. The standard InChI is InChI=1S/C20H14ClNO3S/c1-25-13-10-6-5-9-12(13)15-16-17(23)14(11-7-3-2-4-8-11)19(24)22-20(16)26-18(15)21/h2-10H,1H3,(H2,22,23,24). The van der Waals surface area contributed by atoms with Crippen molar-refractivity contribution in [3.05, 3.63) is 69.3 Å². The van der Waals surface area contributed by atoms with E-state index in [1.54, 1.807) is 19.2 Å². The molecule has 0 aliphatic rings. The largest absolute Gasteiger partial charge is 0.506 e. The fourth-order valence-electron chi connectivity index (χ4n) is 3.08. The number of fused-ring (bicyclic) bond motifs is 1. The van der Waals surface area contributed by atoms with Gasteiger partial charge in [0.05, 0.1) is 18.1 Å². The summed E-state index contributed by atoms with van der Waals surface area (Å²) in [6.07, 6.45) is 0. The molecule has 0 radical (unpaired) electrons. The molecule has 0 bridgehead atoms. The second kappa shape index (κ2) is 6.52. The number of aromatic amines is 1. The second-order valence-corrected chi connectivity index (χ2v) is 7.32. The van der Waals surface area contributed by atoms with Gasteiger partial charge >= 0.3 is 0 Å². The number of ether oxygens (including phenoxy) is 1. The molecular formula is C20H14ClNO3S. The molecule has 130 valence electrons. The average molecular weight is 384 g/mol. The van der Waals surface area contributed by atoms with Gasteiger partial charge in [0, 0.05) is 11.1 Å². The van der Waals surface area contributed by atoms with E-state index in [-0.39, 0.29) is 16.9 Å². The van der Waals surface area contributed by atoms with Crippen LogP contribution in [0, 0.1) is 0 Å². The highest BCUT2D eigenvalue weighted by Crippen LogP contribution is 2.48. The zero-order chi connectivity index (χ0) is 18.3. The summed E-state index contributed by atoms with van der Waals surface area (Å²) >= 11 is 7.70. The Kier molecular flexibility index (Phi) is 4.18. The second-order valence-electron chi connectivity index (χ2n) is 5.70. The average Bonchev–Trinajstić information content (AvgIpc) is 2.98. The molecular weight excluding hydrogens is 370 g/mol. The van der Waals surface area contributed by atoms with Gasteiger partial charge in [0.2, 0.25) is 0 Å². The van der Waals surface area contributed by atoms with Gasteiger partial charge in [-0.15, -0.1) is 11.3 Å². The number of thiophene rings is 1. The van der Waals surface area contributed by atoms with Crippen molar-refractivity contribution in [2.24, 2.45) is 0 Å². The number of pyridine rings is 1. The zero-order valence-corrected chi connectivity index (χ0v) is 15.3. The summed E-state index contributed by atoms with van der Waals surface area (Å²) in [6, 6.07) is 16.5. The van der Waals surface area contributed by atoms with E-state index in [2.05, 4.69) is 4.98 Å². The molecule has 2 heterocycles. The van der Waals surface area contributed by atoms with E-state index < -0.39 is 0 Å². The van der Waals surface area contributed by atoms with Crippen LogP contribution in [0.2, 0.25) is 4.34 Å². The first kappa shape index (κ1) is 16.7. The molecule has 0 saturated carbocycles. The lowest BCUT2D eigenvalue weighted by Crippen LogP contribution is -2.08. The van der Waals surface area contributed by atoms with Crippen LogP contribution < -0.4 is 10.3 Å². The summed E-state index contributed by atoms with van der Waals surface area (Å²) < 4.78 is 5.92. The Bertz CT molecular complexity index is 1170. The van der Waals surface area contributed by atoms with E-state index in [4.69, 9.17) is 16.3 Å². The fraction of sp³-hybridized carbons (Fsp3) is 0.0500. The van der Waals surface area contributed by atoms with Crippen molar-refractivity contribution in [3.8, 4) is 33.8 Å². The third-order valence-electron chi connectivity index (χ3n) is 4.23. The number of rotatable bonds is 3. The number of H-pyrrole nitrogens is 1. The third kappa shape index (κ3) is 2.57. The number of hydrogen-bond acceptors (Lipinski definition) is 4. The summed E-state index contributed by atoms with van der Waals surface area (Å²) in [4.78, 5) is 15.9. The Balaban J connectivity index is 2.10. The van der Waals surface area contributed by atoms with E-state index in [0.29, 0.717) is 31.4 Å². The van der Waals surface area contributed by atoms with Crippen LogP contribution in [0.1, 0.15) is 0 Å². The summed E-state index contributed by atoms with van der Waals surface area (Å²) in [7, 11) is 1.58. The van der Waals surface area contributed by atoms with Crippen molar-refractivity contribution in [2.75, 3.05) is 7.11 Å². The minimum absolute atomic E-state index is 0.0843. The monoisotopic (exact) mass is 383 g/mol. The number of benzene rings is 2. The molecule has 26 heavy (non-hydrogen) atoms. The molecule has 0 aliphatic heterocycles. The van der Waals surface area contributed by atoms with E-state index in [1.165, 1.54) is 11.3 Å². The number of nitrogens with one attached hydrogen (secondary N) is 1. The SMILES string of the molecule is COc1ccccc1-c1c(Cl)sc2[nH]c(=O)c(-c3ccccc3)c(O)c12. The molecule has 0 unspecified atom stereocenters. The third-order valence-corrected chi connectivity index (χ3v) is 5.55. The van der Waals surface area contributed by atoms with Gasteiger partial charge in [0.25, 0.3) is 5.56 Å². The first-order valence-corrected chi connectivity index (χ1v) is 9.07.